The minimum Gasteiger partial charge on any atom is -0.240 e. The summed E-state index contributed by atoms with van der Waals surface area (Å²) in [4.78, 5) is 0. The van der Waals surface area contributed by atoms with Crippen LogP contribution in [0.2, 0.25) is 0 Å². The van der Waals surface area contributed by atoms with E-state index in [0.29, 0.717) is 0 Å². The van der Waals surface area contributed by atoms with Crippen molar-refractivity contribution in [3.63, 3.8) is 0 Å². The first kappa shape index (κ1) is 9.95. The van der Waals surface area contributed by atoms with Gasteiger partial charge in [0, 0.05) is 0 Å². The molecule has 0 atom stereocenters. The highest BCUT2D eigenvalue weighted by atomic mass is 15.1. The van der Waals surface area contributed by atoms with Gasteiger partial charge in [-0.25, -0.2) is 9.13 Å². The highest BCUT2D eigenvalue weighted by Crippen LogP contribution is 1.81. The third-order valence-corrected chi connectivity index (χ3v) is 1.16. The van der Waals surface area contributed by atoms with E-state index < -0.39 is 0 Å². The van der Waals surface area contributed by atoms with Gasteiger partial charge in [0.05, 0.1) is 7.05 Å². The smallest absolute Gasteiger partial charge is 0.240 e. The number of imidazole rings is 1. The molecule has 1 rings (SSSR count). The summed E-state index contributed by atoms with van der Waals surface area (Å²) in [5.41, 5.74) is 0. The molecule has 0 aliphatic carbocycles. The first-order chi connectivity index (χ1) is 5.33. The van der Waals surface area contributed by atoms with Crippen molar-refractivity contribution >= 4 is 0 Å². The molecule has 0 spiro atoms. The van der Waals surface area contributed by atoms with Gasteiger partial charge in [-0.2, -0.15) is 0 Å². The second-order valence-corrected chi connectivity index (χ2v) is 2.06. The van der Waals surface area contributed by atoms with Crippen LogP contribution in [0.25, 0.3) is 0 Å². The molecule has 0 aliphatic rings. The van der Waals surface area contributed by atoms with Crippen LogP contribution in [-0.2, 0) is 13.6 Å². The minimum absolute atomic E-state index is 0.890. The molecule has 0 saturated heterocycles. The quantitative estimate of drug-likeness (QED) is 0.450. The number of allylic oxidation sites excluding steroid dienone is 1. The summed E-state index contributed by atoms with van der Waals surface area (Å²) in [5.74, 6) is 0. The predicted molar refractivity (Wildman–Crippen MR) is 47.2 cm³/mol. The summed E-state index contributed by atoms with van der Waals surface area (Å²) < 4.78 is 4.07. The zero-order valence-electron chi connectivity index (χ0n) is 7.62. The fourth-order valence-electron chi connectivity index (χ4n) is 0.759. The van der Waals surface area contributed by atoms with Crippen molar-refractivity contribution in [2.24, 2.45) is 7.05 Å². The lowest BCUT2D eigenvalue weighted by molar-refractivity contribution is -0.671. The van der Waals surface area contributed by atoms with E-state index >= 15 is 0 Å². The largest absolute Gasteiger partial charge is 0.243 e. The van der Waals surface area contributed by atoms with Crippen LogP contribution in [0.15, 0.2) is 31.4 Å². The van der Waals surface area contributed by atoms with Crippen molar-refractivity contribution in [1.29, 1.82) is 0 Å². The van der Waals surface area contributed by atoms with Gasteiger partial charge in [-0.3, -0.25) is 0 Å². The number of rotatable bonds is 2. The van der Waals surface area contributed by atoms with Gasteiger partial charge < -0.3 is 0 Å². The molecule has 2 heteroatoms. The van der Waals surface area contributed by atoms with Crippen LogP contribution in [0.1, 0.15) is 13.8 Å². The Labute approximate surface area is 68.8 Å². The summed E-state index contributed by atoms with van der Waals surface area (Å²) in [6, 6.07) is 0. The average Bonchev–Trinajstić information content (AvgIpc) is 2.41. The van der Waals surface area contributed by atoms with Crippen molar-refractivity contribution in [2.75, 3.05) is 0 Å². The molecule has 2 nitrogen and oxygen atoms in total. The van der Waals surface area contributed by atoms with Crippen molar-refractivity contribution in [1.82, 2.24) is 4.57 Å². The van der Waals surface area contributed by atoms with Gasteiger partial charge in [-0.15, -0.1) is 0 Å². The lowest BCUT2D eigenvalue weighted by atomic mass is 10.6. The molecule has 0 aromatic carbocycles. The third kappa shape index (κ3) is 3.61. The molecule has 0 bridgehead atoms. The van der Waals surface area contributed by atoms with Crippen LogP contribution in [0.5, 0.6) is 0 Å². The Hall–Kier alpha value is -1.05. The fourth-order valence-corrected chi connectivity index (χ4v) is 0.759. The molecule has 0 radical (unpaired) electrons. The standard InChI is InChI=1S/C7H11N2.C2H6/c1-3-4-9-6-5-8(2)7-9;1-2/h3,5-7H,1,4H2,2H3;1-2H3/q+1;. The Morgan fingerprint density at radius 2 is 2.18 bits per heavy atom. The Morgan fingerprint density at radius 3 is 2.55 bits per heavy atom. The SMILES string of the molecule is C=CCn1cc[n+](C)c1.CC. The Morgan fingerprint density at radius 1 is 1.55 bits per heavy atom. The Kier molecular flexibility index (Phi) is 5.17. The van der Waals surface area contributed by atoms with Crippen LogP contribution >= 0.6 is 0 Å². The summed E-state index contributed by atoms with van der Waals surface area (Å²) in [6.45, 7) is 8.52. The van der Waals surface area contributed by atoms with Crippen LogP contribution < -0.4 is 4.57 Å². The molecular weight excluding hydrogens is 136 g/mol. The third-order valence-electron chi connectivity index (χ3n) is 1.16. The molecular formula is C9H17N2+. The molecule has 0 N–H and O–H groups in total. The van der Waals surface area contributed by atoms with E-state index in [1.807, 2.05) is 50.3 Å². The maximum Gasteiger partial charge on any atom is 0.243 e. The van der Waals surface area contributed by atoms with Crippen molar-refractivity contribution in [2.45, 2.75) is 20.4 Å². The number of aryl methyl sites for hydroxylation is 1. The topological polar surface area (TPSA) is 8.81 Å². The summed E-state index contributed by atoms with van der Waals surface area (Å²) >= 11 is 0. The maximum atomic E-state index is 3.64. The normalized spacial score (nSPS) is 8.27. The zero-order valence-corrected chi connectivity index (χ0v) is 7.62. The van der Waals surface area contributed by atoms with Gasteiger partial charge in [0.1, 0.15) is 18.9 Å². The second kappa shape index (κ2) is 5.71. The van der Waals surface area contributed by atoms with Crippen molar-refractivity contribution in [3.05, 3.63) is 31.4 Å². The van der Waals surface area contributed by atoms with Gasteiger partial charge in [0.25, 0.3) is 0 Å². The van der Waals surface area contributed by atoms with E-state index in [-0.39, 0.29) is 0 Å². The molecule has 11 heavy (non-hydrogen) atoms. The van der Waals surface area contributed by atoms with Crippen molar-refractivity contribution in [3.8, 4) is 0 Å². The van der Waals surface area contributed by atoms with Crippen LogP contribution in [0, 0.1) is 0 Å². The molecule has 0 saturated carbocycles. The molecule has 0 unspecified atom stereocenters. The highest BCUT2D eigenvalue weighted by molar-refractivity contribution is 4.73. The van der Waals surface area contributed by atoms with E-state index in [1.54, 1.807) is 0 Å². The molecule has 0 aliphatic heterocycles. The molecule has 0 fully saturated rings. The lowest BCUT2D eigenvalue weighted by Gasteiger charge is -1.83. The van der Waals surface area contributed by atoms with E-state index in [0.717, 1.165) is 6.54 Å². The first-order valence-corrected chi connectivity index (χ1v) is 3.95. The van der Waals surface area contributed by atoms with Gasteiger partial charge in [0.15, 0.2) is 0 Å². The number of hydrogen-bond acceptors (Lipinski definition) is 0. The van der Waals surface area contributed by atoms with E-state index in [4.69, 9.17) is 0 Å². The van der Waals surface area contributed by atoms with Crippen LogP contribution in [-0.4, -0.2) is 4.57 Å². The Bertz CT molecular complexity index is 201. The Balaban J connectivity index is 0.000000461. The molecule has 62 valence electrons. The summed E-state index contributed by atoms with van der Waals surface area (Å²) in [6.07, 6.45) is 7.91. The summed E-state index contributed by atoms with van der Waals surface area (Å²) in [7, 11) is 2.00. The lowest BCUT2D eigenvalue weighted by Crippen LogP contribution is -2.23. The predicted octanol–water partition coefficient (Wildman–Crippen LogP) is 1.52. The van der Waals surface area contributed by atoms with Gasteiger partial charge in [0.2, 0.25) is 6.33 Å². The van der Waals surface area contributed by atoms with E-state index in [2.05, 4.69) is 11.1 Å². The van der Waals surface area contributed by atoms with Crippen LogP contribution in [0.3, 0.4) is 0 Å². The molecule has 1 heterocycles. The number of nitrogens with zero attached hydrogens (tertiary/aromatic N) is 2. The minimum atomic E-state index is 0.890. The van der Waals surface area contributed by atoms with Crippen LogP contribution in [0.4, 0.5) is 0 Å². The monoisotopic (exact) mass is 153 g/mol. The molecule has 1 aromatic rings. The zero-order chi connectivity index (χ0) is 8.69. The summed E-state index contributed by atoms with van der Waals surface area (Å²) in [5, 5.41) is 0. The first-order valence-electron chi connectivity index (χ1n) is 3.95. The fraction of sp³-hybridized carbons (Fsp3) is 0.444. The van der Waals surface area contributed by atoms with E-state index in [9.17, 15) is 0 Å². The molecule has 0 amide bonds. The van der Waals surface area contributed by atoms with Gasteiger partial charge in [-0.05, 0) is 0 Å². The number of aromatic nitrogens is 2. The van der Waals surface area contributed by atoms with Crippen molar-refractivity contribution < 1.29 is 4.57 Å². The second-order valence-electron chi connectivity index (χ2n) is 2.06. The van der Waals surface area contributed by atoms with Gasteiger partial charge in [-0.1, -0.05) is 26.5 Å². The van der Waals surface area contributed by atoms with Gasteiger partial charge >= 0.3 is 0 Å². The highest BCUT2D eigenvalue weighted by Gasteiger charge is 1.93. The number of hydrogen-bond donors (Lipinski definition) is 0. The maximum absolute atomic E-state index is 3.64. The molecule has 1 aromatic heterocycles. The average molecular weight is 153 g/mol. The van der Waals surface area contributed by atoms with E-state index in [1.165, 1.54) is 0 Å².